The number of benzene rings is 1. The van der Waals surface area contributed by atoms with Gasteiger partial charge in [0.1, 0.15) is 16.8 Å². The van der Waals surface area contributed by atoms with E-state index in [0.717, 1.165) is 49.1 Å². The molecule has 2 aromatic rings. The molecular formula is C23H27N3O2S2. The SMILES string of the molecule is CCCCCCOc1ccccc1C(=O)NC(=S)Nc1sc2c(c1C#N)CCCC2. The van der Waals surface area contributed by atoms with Crippen LogP contribution >= 0.6 is 23.6 Å². The Kier molecular flexibility index (Phi) is 8.23. The van der Waals surface area contributed by atoms with Crippen LogP contribution in [-0.4, -0.2) is 17.6 Å². The van der Waals surface area contributed by atoms with Crippen LogP contribution in [0.25, 0.3) is 0 Å². The first kappa shape index (κ1) is 22.3. The minimum absolute atomic E-state index is 0.188. The fraction of sp³-hybridized carbons (Fsp3) is 0.435. The molecule has 3 rings (SSSR count). The van der Waals surface area contributed by atoms with E-state index >= 15 is 0 Å². The van der Waals surface area contributed by atoms with Gasteiger partial charge in [0.2, 0.25) is 0 Å². The lowest BCUT2D eigenvalue weighted by molar-refractivity contribution is 0.0973. The van der Waals surface area contributed by atoms with Crippen molar-refractivity contribution in [2.45, 2.75) is 58.3 Å². The molecule has 2 N–H and O–H groups in total. The lowest BCUT2D eigenvalue weighted by Crippen LogP contribution is -2.34. The summed E-state index contributed by atoms with van der Waals surface area (Å²) < 4.78 is 5.83. The normalized spacial score (nSPS) is 12.5. The highest BCUT2D eigenvalue weighted by atomic mass is 32.1. The average Bonchev–Trinajstić information content (AvgIpc) is 3.10. The van der Waals surface area contributed by atoms with Crippen molar-refractivity contribution in [3.05, 3.63) is 45.8 Å². The van der Waals surface area contributed by atoms with E-state index in [9.17, 15) is 10.1 Å². The molecule has 30 heavy (non-hydrogen) atoms. The Bertz CT molecular complexity index is 946. The molecule has 0 radical (unpaired) electrons. The zero-order valence-electron chi connectivity index (χ0n) is 17.3. The third-order valence-electron chi connectivity index (χ3n) is 5.12. The highest BCUT2D eigenvalue weighted by Gasteiger charge is 2.22. The molecule has 0 spiro atoms. The molecular weight excluding hydrogens is 414 g/mol. The number of hydrogen-bond acceptors (Lipinski definition) is 5. The summed E-state index contributed by atoms with van der Waals surface area (Å²) in [4.78, 5) is 14.0. The maximum atomic E-state index is 12.8. The number of nitrogens with one attached hydrogen (secondary N) is 2. The maximum Gasteiger partial charge on any atom is 0.261 e. The van der Waals surface area contributed by atoms with Gasteiger partial charge in [-0.15, -0.1) is 11.3 Å². The summed E-state index contributed by atoms with van der Waals surface area (Å²) in [6.45, 7) is 2.75. The van der Waals surface area contributed by atoms with Crippen LogP contribution in [0.15, 0.2) is 24.3 Å². The average molecular weight is 442 g/mol. The summed E-state index contributed by atoms with van der Waals surface area (Å²) in [5.41, 5.74) is 2.23. The predicted octanol–water partition coefficient (Wildman–Crippen LogP) is 5.58. The van der Waals surface area contributed by atoms with Crippen molar-refractivity contribution in [1.29, 1.82) is 5.26 Å². The van der Waals surface area contributed by atoms with E-state index < -0.39 is 0 Å². The van der Waals surface area contributed by atoms with Gasteiger partial charge < -0.3 is 10.1 Å². The molecule has 5 nitrogen and oxygen atoms in total. The van der Waals surface area contributed by atoms with Crippen molar-refractivity contribution < 1.29 is 9.53 Å². The zero-order valence-corrected chi connectivity index (χ0v) is 18.9. The highest BCUT2D eigenvalue weighted by molar-refractivity contribution is 7.80. The van der Waals surface area contributed by atoms with E-state index in [2.05, 4.69) is 23.6 Å². The van der Waals surface area contributed by atoms with Crippen LogP contribution in [0.1, 0.15) is 71.8 Å². The Morgan fingerprint density at radius 3 is 2.83 bits per heavy atom. The number of aryl methyl sites for hydroxylation is 1. The van der Waals surface area contributed by atoms with Crippen molar-refractivity contribution in [3.63, 3.8) is 0 Å². The predicted molar refractivity (Wildman–Crippen MR) is 125 cm³/mol. The van der Waals surface area contributed by atoms with E-state index in [0.29, 0.717) is 23.5 Å². The molecule has 1 amide bonds. The molecule has 1 aromatic heterocycles. The van der Waals surface area contributed by atoms with E-state index in [1.54, 1.807) is 29.5 Å². The Morgan fingerprint density at radius 2 is 2.03 bits per heavy atom. The smallest absolute Gasteiger partial charge is 0.261 e. The van der Waals surface area contributed by atoms with E-state index in [4.69, 9.17) is 17.0 Å². The number of thiocarbonyl (C=S) groups is 1. The van der Waals surface area contributed by atoms with Crippen LogP contribution in [0.2, 0.25) is 0 Å². The van der Waals surface area contributed by atoms with Gasteiger partial charge in [0.15, 0.2) is 5.11 Å². The molecule has 0 bridgehead atoms. The number of fused-ring (bicyclic) bond motifs is 1. The van der Waals surface area contributed by atoms with Gasteiger partial charge in [-0.25, -0.2) is 0 Å². The molecule has 0 unspecified atom stereocenters. The number of rotatable bonds is 8. The lowest BCUT2D eigenvalue weighted by Gasteiger charge is -2.13. The Morgan fingerprint density at radius 1 is 1.23 bits per heavy atom. The molecule has 0 fully saturated rings. The number of nitrogens with zero attached hydrogens (tertiary/aromatic N) is 1. The molecule has 0 atom stereocenters. The number of thiophene rings is 1. The van der Waals surface area contributed by atoms with Gasteiger partial charge in [0.25, 0.3) is 5.91 Å². The van der Waals surface area contributed by atoms with Gasteiger partial charge in [-0.05, 0) is 62.0 Å². The Labute approximate surface area is 187 Å². The third-order valence-corrected chi connectivity index (χ3v) is 6.54. The number of unbranched alkanes of at least 4 members (excludes halogenated alkanes) is 3. The molecule has 0 aliphatic heterocycles. The number of nitriles is 1. The van der Waals surface area contributed by atoms with E-state index in [-0.39, 0.29) is 11.0 Å². The molecule has 1 aliphatic carbocycles. The van der Waals surface area contributed by atoms with E-state index in [1.807, 2.05) is 6.07 Å². The van der Waals surface area contributed by atoms with Gasteiger partial charge in [0, 0.05) is 4.88 Å². The number of para-hydroxylation sites is 1. The number of carbonyl (C=O) groups is 1. The Balaban J connectivity index is 1.62. The second-order valence-electron chi connectivity index (χ2n) is 7.34. The van der Waals surface area contributed by atoms with Gasteiger partial charge >= 0.3 is 0 Å². The first-order valence-corrected chi connectivity index (χ1v) is 11.7. The van der Waals surface area contributed by atoms with Gasteiger partial charge in [-0.1, -0.05) is 38.3 Å². The first-order valence-electron chi connectivity index (χ1n) is 10.5. The fourth-order valence-corrected chi connectivity index (χ4v) is 5.07. The number of anilines is 1. The van der Waals surface area contributed by atoms with Crippen molar-refractivity contribution in [3.8, 4) is 11.8 Å². The minimum Gasteiger partial charge on any atom is -0.493 e. The molecule has 7 heteroatoms. The van der Waals surface area contributed by atoms with Crippen LogP contribution < -0.4 is 15.4 Å². The largest absolute Gasteiger partial charge is 0.493 e. The molecule has 158 valence electrons. The third kappa shape index (κ3) is 5.59. The maximum absolute atomic E-state index is 12.8. The summed E-state index contributed by atoms with van der Waals surface area (Å²) in [5, 5.41) is 16.3. The summed E-state index contributed by atoms with van der Waals surface area (Å²) in [6.07, 6.45) is 8.61. The number of carbonyl (C=O) groups excluding carboxylic acids is 1. The minimum atomic E-state index is -0.323. The van der Waals surface area contributed by atoms with Crippen LogP contribution in [-0.2, 0) is 12.8 Å². The van der Waals surface area contributed by atoms with Gasteiger partial charge in [0.05, 0.1) is 17.7 Å². The summed E-state index contributed by atoms with van der Waals surface area (Å²) in [7, 11) is 0. The number of hydrogen-bond donors (Lipinski definition) is 2. The van der Waals surface area contributed by atoms with Crippen molar-refractivity contribution in [2.75, 3.05) is 11.9 Å². The lowest BCUT2D eigenvalue weighted by atomic mass is 9.96. The summed E-state index contributed by atoms with van der Waals surface area (Å²) in [5.74, 6) is 0.232. The standard InChI is InChI=1S/C23H27N3O2S2/c1-2-3-4-9-14-28-19-12-7-5-11-17(19)21(27)25-23(29)26-22-18(15-24)16-10-6-8-13-20(16)30-22/h5,7,11-12H,2-4,6,8-10,13-14H2,1H3,(H2,25,26,27,29). The first-order chi connectivity index (χ1) is 14.6. The second kappa shape index (κ2) is 11.1. The van der Waals surface area contributed by atoms with Crippen LogP contribution in [0.5, 0.6) is 5.75 Å². The molecule has 1 heterocycles. The van der Waals surface area contributed by atoms with E-state index in [1.165, 1.54) is 17.7 Å². The second-order valence-corrected chi connectivity index (χ2v) is 8.85. The Hall–Kier alpha value is -2.43. The fourth-order valence-electron chi connectivity index (χ4n) is 3.57. The van der Waals surface area contributed by atoms with Crippen LogP contribution in [0, 0.1) is 11.3 Å². The molecule has 0 saturated heterocycles. The summed E-state index contributed by atoms with van der Waals surface area (Å²) in [6, 6.07) is 9.47. The quantitative estimate of drug-likeness (QED) is 0.413. The molecule has 1 aliphatic rings. The van der Waals surface area contributed by atoms with Crippen LogP contribution in [0.3, 0.4) is 0 Å². The number of amides is 1. The topological polar surface area (TPSA) is 74.2 Å². The summed E-state index contributed by atoms with van der Waals surface area (Å²) >= 11 is 6.91. The zero-order chi connectivity index (χ0) is 21.3. The number of ether oxygens (including phenoxy) is 1. The van der Waals surface area contributed by atoms with Crippen molar-refractivity contribution in [1.82, 2.24) is 5.32 Å². The molecule has 1 aromatic carbocycles. The van der Waals surface area contributed by atoms with Crippen molar-refractivity contribution >= 4 is 39.6 Å². The van der Waals surface area contributed by atoms with Crippen LogP contribution in [0.4, 0.5) is 5.00 Å². The van der Waals surface area contributed by atoms with Gasteiger partial charge in [-0.3, -0.25) is 10.1 Å². The van der Waals surface area contributed by atoms with Gasteiger partial charge in [-0.2, -0.15) is 5.26 Å². The monoisotopic (exact) mass is 441 g/mol. The molecule has 0 saturated carbocycles. The van der Waals surface area contributed by atoms with Crippen molar-refractivity contribution in [2.24, 2.45) is 0 Å². The highest BCUT2D eigenvalue weighted by Crippen LogP contribution is 2.37.